The van der Waals surface area contributed by atoms with Gasteiger partial charge < -0.3 is 0 Å². The molecule has 1 radical (unpaired) electrons. The summed E-state index contributed by atoms with van der Waals surface area (Å²) < 4.78 is 10.7. The summed E-state index contributed by atoms with van der Waals surface area (Å²) >= 11 is 0. The van der Waals surface area contributed by atoms with E-state index in [0.717, 1.165) is 6.42 Å². The molecule has 0 bridgehead atoms. The van der Waals surface area contributed by atoms with Crippen LogP contribution in [0.25, 0.3) is 0 Å². The first-order valence-corrected chi connectivity index (χ1v) is 1.94. The van der Waals surface area contributed by atoms with Crippen molar-refractivity contribution < 1.29 is 9.47 Å². The third-order valence-electron chi connectivity index (χ3n) is 0.471. The Morgan fingerprint density at radius 1 is 1.67 bits per heavy atom. The van der Waals surface area contributed by atoms with E-state index in [0.29, 0.717) is 6.42 Å². The van der Waals surface area contributed by atoms with Gasteiger partial charge in [0, 0.05) is 0 Å². The molecule has 0 amide bonds. The Bertz CT molecular complexity index is 19.5. The maximum Gasteiger partial charge on any atom is 0.0876 e. The van der Waals surface area contributed by atoms with Crippen LogP contribution in [0.15, 0.2) is 0 Å². The van der Waals surface area contributed by atoms with Crippen LogP contribution in [-0.2, 0) is 4.94 Å². The van der Waals surface area contributed by atoms with Crippen molar-refractivity contribution in [3.05, 3.63) is 6.92 Å². The fourth-order valence-electron chi connectivity index (χ4n) is 0.157. The van der Waals surface area contributed by atoms with Crippen LogP contribution in [0, 0.1) is 6.92 Å². The first kappa shape index (κ1) is 5.89. The summed E-state index contributed by atoms with van der Waals surface area (Å²) in [5, 5.41) is 0. The van der Waals surface area contributed by atoms with E-state index in [9.17, 15) is 4.53 Å². The molecular weight excluding hydrogens is 83.0 g/mol. The smallest absolute Gasteiger partial charge is 0.0876 e. The zero-order valence-corrected chi connectivity index (χ0v) is 3.61. The van der Waals surface area contributed by atoms with E-state index in [-0.39, 0.29) is 6.61 Å². The highest BCUT2D eigenvalue weighted by atomic mass is 19.3. The Balaban J connectivity index is 2.34. The average molecular weight is 91.1 g/mol. The second-order valence-electron chi connectivity index (χ2n) is 1.02. The summed E-state index contributed by atoms with van der Waals surface area (Å²) in [5.74, 6) is 0. The van der Waals surface area contributed by atoms with Gasteiger partial charge >= 0.3 is 0 Å². The van der Waals surface area contributed by atoms with Gasteiger partial charge in [-0.1, -0.05) is 13.3 Å². The van der Waals surface area contributed by atoms with E-state index < -0.39 is 0 Å². The van der Waals surface area contributed by atoms with Gasteiger partial charge in [0.15, 0.2) is 0 Å². The molecule has 0 fully saturated rings. The lowest BCUT2D eigenvalue weighted by atomic mass is 10.4. The molecule has 0 saturated heterocycles. The number of halogens is 1. The van der Waals surface area contributed by atoms with E-state index in [1.165, 1.54) is 0 Å². The summed E-state index contributed by atoms with van der Waals surface area (Å²) in [6.07, 6.45) is 1.44. The van der Waals surface area contributed by atoms with Gasteiger partial charge in [0.25, 0.3) is 0 Å². The van der Waals surface area contributed by atoms with Gasteiger partial charge in [-0.3, -0.25) is 0 Å². The Labute approximate surface area is 37.0 Å². The topological polar surface area (TPSA) is 9.23 Å². The summed E-state index contributed by atoms with van der Waals surface area (Å²) in [6, 6.07) is 0. The summed E-state index contributed by atoms with van der Waals surface area (Å²) in [5.41, 5.74) is 0. The predicted molar refractivity (Wildman–Crippen MR) is 21.7 cm³/mol. The van der Waals surface area contributed by atoms with Gasteiger partial charge in [-0.2, -0.15) is 4.94 Å². The quantitative estimate of drug-likeness (QED) is 0.478. The lowest BCUT2D eigenvalue weighted by Gasteiger charge is -1.84. The molecule has 6 heavy (non-hydrogen) atoms. The number of hydrogen-bond donors (Lipinski definition) is 0. The molecule has 0 aromatic heterocycles. The van der Waals surface area contributed by atoms with Crippen molar-refractivity contribution in [3.63, 3.8) is 0 Å². The monoisotopic (exact) mass is 91.1 g/mol. The SMILES string of the molecule is [CH2]CCCOF. The standard InChI is InChI=1S/C4H8FO/c1-2-3-4-6-5/h1-4H2. The Morgan fingerprint density at radius 3 is 2.50 bits per heavy atom. The lowest BCUT2D eigenvalue weighted by molar-refractivity contribution is -0.132. The normalized spacial score (nSPS) is 9.00. The van der Waals surface area contributed by atoms with Gasteiger partial charge in [0.2, 0.25) is 0 Å². The third-order valence-corrected chi connectivity index (χ3v) is 0.471. The number of hydrogen-bond acceptors (Lipinski definition) is 1. The van der Waals surface area contributed by atoms with Crippen LogP contribution in [0.3, 0.4) is 0 Å². The second kappa shape index (κ2) is 4.89. The Kier molecular flexibility index (Phi) is 4.80. The molecule has 0 heterocycles. The van der Waals surface area contributed by atoms with Crippen molar-refractivity contribution in [1.82, 2.24) is 0 Å². The molecule has 0 saturated carbocycles. The van der Waals surface area contributed by atoms with Gasteiger partial charge in [0.05, 0.1) is 6.61 Å². The van der Waals surface area contributed by atoms with Crippen LogP contribution in [0.2, 0.25) is 0 Å². The first-order valence-electron chi connectivity index (χ1n) is 1.94. The highest BCUT2D eigenvalue weighted by molar-refractivity contribution is 4.35. The molecule has 37 valence electrons. The van der Waals surface area contributed by atoms with E-state index in [4.69, 9.17) is 0 Å². The number of rotatable bonds is 3. The van der Waals surface area contributed by atoms with Gasteiger partial charge in [-0.25, -0.2) is 0 Å². The van der Waals surface area contributed by atoms with Crippen molar-refractivity contribution in [2.45, 2.75) is 12.8 Å². The average Bonchev–Trinajstić information content (AvgIpc) is 1.61. The Morgan fingerprint density at radius 2 is 2.33 bits per heavy atom. The molecule has 0 rings (SSSR count). The van der Waals surface area contributed by atoms with Gasteiger partial charge in [0.1, 0.15) is 0 Å². The van der Waals surface area contributed by atoms with Crippen LogP contribution >= 0.6 is 0 Å². The minimum Gasteiger partial charge on any atom is -0.194 e. The molecule has 0 aromatic rings. The van der Waals surface area contributed by atoms with E-state index >= 15 is 0 Å². The summed E-state index contributed by atoms with van der Waals surface area (Å²) in [7, 11) is 0. The third kappa shape index (κ3) is 3.89. The zero-order valence-electron chi connectivity index (χ0n) is 3.61. The first-order chi connectivity index (χ1) is 2.91. The summed E-state index contributed by atoms with van der Waals surface area (Å²) in [4.78, 5) is 3.24. The minimum absolute atomic E-state index is 0.184. The highest BCUT2D eigenvalue weighted by Crippen LogP contribution is 1.85. The molecule has 0 unspecified atom stereocenters. The lowest BCUT2D eigenvalue weighted by Crippen LogP contribution is -1.80. The van der Waals surface area contributed by atoms with Crippen LogP contribution < -0.4 is 0 Å². The van der Waals surface area contributed by atoms with Crippen LogP contribution in [0.1, 0.15) is 12.8 Å². The van der Waals surface area contributed by atoms with Crippen molar-refractivity contribution in [2.75, 3.05) is 6.61 Å². The van der Waals surface area contributed by atoms with E-state index in [1.54, 1.807) is 0 Å². The molecule has 0 atom stereocenters. The van der Waals surface area contributed by atoms with Crippen molar-refractivity contribution in [3.8, 4) is 0 Å². The molecule has 2 heteroatoms. The highest BCUT2D eigenvalue weighted by Gasteiger charge is 1.78. The molecule has 0 N–H and O–H groups in total. The molecule has 0 spiro atoms. The van der Waals surface area contributed by atoms with Crippen molar-refractivity contribution >= 4 is 0 Å². The van der Waals surface area contributed by atoms with E-state index in [2.05, 4.69) is 11.9 Å². The van der Waals surface area contributed by atoms with Crippen LogP contribution in [0.4, 0.5) is 4.53 Å². The maximum atomic E-state index is 10.7. The molecular formula is C4H8FO. The molecule has 0 aliphatic rings. The van der Waals surface area contributed by atoms with Crippen LogP contribution in [-0.4, -0.2) is 6.61 Å². The fraction of sp³-hybridized carbons (Fsp3) is 0.750. The maximum absolute atomic E-state index is 10.7. The molecule has 0 aliphatic heterocycles. The second-order valence-corrected chi connectivity index (χ2v) is 1.02. The number of unbranched alkanes of at least 4 members (excludes halogenated alkanes) is 1. The zero-order chi connectivity index (χ0) is 4.83. The molecule has 0 aliphatic carbocycles. The molecule has 0 aromatic carbocycles. The predicted octanol–water partition coefficient (Wildman–Crippen LogP) is 1.50. The van der Waals surface area contributed by atoms with Crippen molar-refractivity contribution in [1.29, 1.82) is 0 Å². The minimum atomic E-state index is 0.184. The summed E-state index contributed by atoms with van der Waals surface area (Å²) in [6.45, 7) is 3.66. The fourth-order valence-corrected chi connectivity index (χ4v) is 0.157. The van der Waals surface area contributed by atoms with Gasteiger partial charge in [-0.05, 0) is 10.9 Å². The van der Waals surface area contributed by atoms with Crippen molar-refractivity contribution in [2.24, 2.45) is 0 Å². The molecule has 1 nitrogen and oxygen atoms in total. The van der Waals surface area contributed by atoms with Gasteiger partial charge in [-0.15, -0.1) is 0 Å². The largest absolute Gasteiger partial charge is 0.194 e. The van der Waals surface area contributed by atoms with Crippen LogP contribution in [0.5, 0.6) is 0 Å². The van der Waals surface area contributed by atoms with E-state index in [1.807, 2.05) is 0 Å². The Hall–Kier alpha value is -0.110.